The number of hydrogen-bond acceptors (Lipinski definition) is 1. The van der Waals surface area contributed by atoms with E-state index in [-0.39, 0.29) is 5.91 Å². The van der Waals surface area contributed by atoms with E-state index in [2.05, 4.69) is 17.2 Å². The standard InChI is InChI=1S/C10H13NO/c12-10(11-9-5-6-9)7-4-8-2-1-3-8/h8-9H,1-3,5-6H2,(H,11,12). The van der Waals surface area contributed by atoms with Gasteiger partial charge in [-0.2, -0.15) is 0 Å². The number of rotatable bonds is 1. The second-order valence-corrected chi connectivity index (χ2v) is 3.64. The molecule has 2 saturated carbocycles. The van der Waals surface area contributed by atoms with Gasteiger partial charge in [0.05, 0.1) is 0 Å². The average molecular weight is 163 g/mol. The van der Waals surface area contributed by atoms with Crippen LogP contribution in [0.25, 0.3) is 0 Å². The summed E-state index contributed by atoms with van der Waals surface area (Å²) < 4.78 is 0. The van der Waals surface area contributed by atoms with Crippen molar-refractivity contribution in [3.05, 3.63) is 0 Å². The molecule has 0 aliphatic heterocycles. The van der Waals surface area contributed by atoms with Gasteiger partial charge in [0, 0.05) is 12.0 Å². The van der Waals surface area contributed by atoms with Gasteiger partial charge in [-0.15, -0.1) is 0 Å². The molecule has 0 unspecified atom stereocenters. The summed E-state index contributed by atoms with van der Waals surface area (Å²) in [6.07, 6.45) is 5.92. The Morgan fingerprint density at radius 1 is 1.25 bits per heavy atom. The number of hydrogen-bond donors (Lipinski definition) is 1. The molecule has 2 aliphatic carbocycles. The van der Waals surface area contributed by atoms with Gasteiger partial charge < -0.3 is 5.32 Å². The zero-order chi connectivity index (χ0) is 8.39. The predicted octanol–water partition coefficient (Wildman–Crippen LogP) is 1.07. The van der Waals surface area contributed by atoms with Crippen molar-refractivity contribution in [2.24, 2.45) is 5.92 Å². The van der Waals surface area contributed by atoms with Crippen molar-refractivity contribution in [1.82, 2.24) is 5.32 Å². The lowest BCUT2D eigenvalue weighted by Gasteiger charge is -2.18. The maximum Gasteiger partial charge on any atom is 0.296 e. The molecule has 64 valence electrons. The van der Waals surface area contributed by atoms with E-state index < -0.39 is 0 Å². The minimum Gasteiger partial charge on any atom is -0.343 e. The fraction of sp³-hybridized carbons (Fsp3) is 0.700. The highest BCUT2D eigenvalue weighted by Crippen LogP contribution is 2.25. The minimum atomic E-state index is -0.0793. The van der Waals surface area contributed by atoms with Crippen LogP contribution in [0.2, 0.25) is 0 Å². The highest BCUT2D eigenvalue weighted by molar-refractivity contribution is 5.93. The second kappa shape index (κ2) is 3.18. The van der Waals surface area contributed by atoms with E-state index in [9.17, 15) is 4.79 Å². The van der Waals surface area contributed by atoms with Gasteiger partial charge in [-0.25, -0.2) is 0 Å². The molecule has 2 fully saturated rings. The molecule has 0 bridgehead atoms. The van der Waals surface area contributed by atoms with Crippen LogP contribution in [0.1, 0.15) is 32.1 Å². The first-order chi connectivity index (χ1) is 5.84. The third kappa shape index (κ3) is 2.01. The molecule has 0 saturated heterocycles. The van der Waals surface area contributed by atoms with E-state index >= 15 is 0 Å². The summed E-state index contributed by atoms with van der Waals surface area (Å²) in [5.41, 5.74) is 0. The molecule has 0 aromatic heterocycles. The lowest BCUT2D eigenvalue weighted by molar-refractivity contribution is -0.115. The molecule has 0 aromatic carbocycles. The summed E-state index contributed by atoms with van der Waals surface area (Å²) in [6, 6.07) is 0.438. The molecule has 2 aliphatic rings. The molecule has 0 atom stereocenters. The Bertz CT molecular complexity index is 240. The van der Waals surface area contributed by atoms with Crippen LogP contribution in [0, 0.1) is 17.8 Å². The van der Waals surface area contributed by atoms with Gasteiger partial charge in [0.15, 0.2) is 0 Å². The Balaban J connectivity index is 1.73. The largest absolute Gasteiger partial charge is 0.343 e. The minimum absolute atomic E-state index is 0.0793. The first kappa shape index (κ1) is 7.67. The van der Waals surface area contributed by atoms with E-state index in [0.717, 1.165) is 12.8 Å². The number of carbonyl (C=O) groups excluding carboxylic acids is 1. The quantitative estimate of drug-likeness (QED) is 0.575. The Morgan fingerprint density at radius 2 is 2.00 bits per heavy atom. The smallest absolute Gasteiger partial charge is 0.296 e. The third-order valence-electron chi connectivity index (χ3n) is 2.41. The van der Waals surface area contributed by atoms with Crippen LogP contribution in [0.4, 0.5) is 0 Å². The summed E-state index contributed by atoms with van der Waals surface area (Å²) in [5.74, 6) is 6.08. The number of nitrogens with one attached hydrogen (secondary N) is 1. The zero-order valence-electron chi connectivity index (χ0n) is 7.10. The normalized spacial score (nSPS) is 22.0. The van der Waals surface area contributed by atoms with E-state index in [4.69, 9.17) is 0 Å². The van der Waals surface area contributed by atoms with Gasteiger partial charge in [-0.1, -0.05) is 12.3 Å². The second-order valence-electron chi connectivity index (χ2n) is 3.64. The first-order valence-electron chi connectivity index (χ1n) is 4.66. The fourth-order valence-corrected chi connectivity index (χ4v) is 1.17. The van der Waals surface area contributed by atoms with Crippen molar-refractivity contribution in [1.29, 1.82) is 0 Å². The lowest BCUT2D eigenvalue weighted by Crippen LogP contribution is -2.23. The summed E-state index contributed by atoms with van der Waals surface area (Å²) in [7, 11) is 0. The van der Waals surface area contributed by atoms with Gasteiger partial charge in [-0.05, 0) is 31.6 Å². The molecule has 0 spiro atoms. The molecular weight excluding hydrogens is 150 g/mol. The maximum atomic E-state index is 11.1. The van der Waals surface area contributed by atoms with Crippen LogP contribution in [0.15, 0.2) is 0 Å². The van der Waals surface area contributed by atoms with Crippen LogP contribution in [0.5, 0.6) is 0 Å². The van der Waals surface area contributed by atoms with E-state index in [1.807, 2.05) is 0 Å². The van der Waals surface area contributed by atoms with Crippen LogP contribution in [0.3, 0.4) is 0 Å². The molecule has 12 heavy (non-hydrogen) atoms. The topological polar surface area (TPSA) is 29.1 Å². The highest BCUT2D eigenvalue weighted by atomic mass is 16.1. The van der Waals surface area contributed by atoms with Gasteiger partial charge in [-0.3, -0.25) is 4.79 Å². The SMILES string of the molecule is O=C(C#CC1CCC1)NC1CC1. The Hall–Kier alpha value is -0.970. The molecule has 0 radical (unpaired) electrons. The van der Waals surface area contributed by atoms with E-state index in [1.54, 1.807) is 0 Å². The predicted molar refractivity (Wildman–Crippen MR) is 46.3 cm³/mol. The molecule has 2 rings (SSSR count). The fourth-order valence-electron chi connectivity index (χ4n) is 1.17. The lowest BCUT2D eigenvalue weighted by atomic mass is 9.86. The number of carbonyl (C=O) groups is 1. The molecule has 2 nitrogen and oxygen atoms in total. The van der Waals surface area contributed by atoms with E-state index in [0.29, 0.717) is 12.0 Å². The Labute approximate surface area is 72.7 Å². The van der Waals surface area contributed by atoms with Crippen molar-refractivity contribution < 1.29 is 4.79 Å². The molecular formula is C10H13NO. The van der Waals surface area contributed by atoms with Crippen LogP contribution >= 0.6 is 0 Å². The van der Waals surface area contributed by atoms with Gasteiger partial charge in [0.25, 0.3) is 5.91 Å². The molecule has 1 amide bonds. The van der Waals surface area contributed by atoms with E-state index in [1.165, 1.54) is 19.3 Å². The monoisotopic (exact) mass is 163 g/mol. The zero-order valence-corrected chi connectivity index (χ0v) is 7.10. The third-order valence-corrected chi connectivity index (χ3v) is 2.41. The van der Waals surface area contributed by atoms with Crippen molar-refractivity contribution in [3.63, 3.8) is 0 Å². The van der Waals surface area contributed by atoms with Crippen molar-refractivity contribution in [2.45, 2.75) is 38.1 Å². The Morgan fingerprint density at radius 3 is 2.50 bits per heavy atom. The average Bonchev–Trinajstić information content (AvgIpc) is 2.68. The van der Waals surface area contributed by atoms with Crippen LogP contribution < -0.4 is 5.32 Å². The molecule has 1 N–H and O–H groups in total. The molecule has 0 heterocycles. The van der Waals surface area contributed by atoms with Crippen LogP contribution in [-0.2, 0) is 4.79 Å². The van der Waals surface area contributed by atoms with Gasteiger partial charge in [0.2, 0.25) is 0 Å². The van der Waals surface area contributed by atoms with Crippen molar-refractivity contribution in [3.8, 4) is 11.8 Å². The van der Waals surface area contributed by atoms with Gasteiger partial charge >= 0.3 is 0 Å². The Kier molecular flexibility index (Phi) is 2.03. The van der Waals surface area contributed by atoms with Crippen molar-refractivity contribution >= 4 is 5.91 Å². The van der Waals surface area contributed by atoms with Crippen LogP contribution in [-0.4, -0.2) is 11.9 Å². The summed E-state index contributed by atoms with van der Waals surface area (Å²) in [6.45, 7) is 0. The summed E-state index contributed by atoms with van der Waals surface area (Å²) in [5, 5.41) is 2.84. The first-order valence-corrected chi connectivity index (χ1v) is 4.66. The summed E-state index contributed by atoms with van der Waals surface area (Å²) in [4.78, 5) is 11.1. The number of amides is 1. The van der Waals surface area contributed by atoms with Crippen molar-refractivity contribution in [2.75, 3.05) is 0 Å². The van der Waals surface area contributed by atoms with Gasteiger partial charge in [0.1, 0.15) is 0 Å². The summed E-state index contributed by atoms with van der Waals surface area (Å²) >= 11 is 0. The maximum absolute atomic E-state index is 11.1. The molecule has 0 aromatic rings. The highest BCUT2D eigenvalue weighted by Gasteiger charge is 2.22. The molecule has 2 heteroatoms.